The van der Waals surface area contributed by atoms with Crippen molar-refractivity contribution in [2.75, 3.05) is 6.26 Å². The molecule has 0 aliphatic carbocycles. The number of hydrogen-bond donors (Lipinski definition) is 2. The summed E-state index contributed by atoms with van der Waals surface area (Å²) in [4.78, 5) is 24.7. The van der Waals surface area contributed by atoms with E-state index in [9.17, 15) is 18.0 Å². The van der Waals surface area contributed by atoms with Crippen molar-refractivity contribution in [3.8, 4) is 0 Å². The molecule has 0 aromatic carbocycles. The van der Waals surface area contributed by atoms with Crippen molar-refractivity contribution < 1.29 is 32.6 Å². The average Bonchev–Trinajstić information content (AvgIpc) is 2.59. The molecule has 0 saturated carbocycles. The Morgan fingerprint density at radius 2 is 1.82 bits per heavy atom. The van der Waals surface area contributed by atoms with Crippen LogP contribution in [0.5, 0.6) is 0 Å². The lowest BCUT2D eigenvalue weighted by atomic mass is 10.3. The lowest BCUT2D eigenvalue weighted by Gasteiger charge is -2.02. The van der Waals surface area contributed by atoms with Gasteiger partial charge in [0.15, 0.2) is 9.84 Å². The van der Waals surface area contributed by atoms with Gasteiger partial charge in [-0.2, -0.15) is 0 Å². The minimum absolute atomic E-state index is 0.456. The Bertz CT molecular complexity index is 539. The van der Waals surface area contributed by atoms with Crippen LogP contribution >= 0.6 is 0 Å². The molecule has 1 heterocycles. The van der Waals surface area contributed by atoms with E-state index in [1.807, 2.05) is 0 Å². The number of hydrogen-bond acceptors (Lipinski definition) is 6. The van der Waals surface area contributed by atoms with Gasteiger partial charge in [0, 0.05) is 6.26 Å². The van der Waals surface area contributed by atoms with Gasteiger partial charge in [0.1, 0.15) is 5.25 Å². The number of aromatic carboxylic acids is 2. The lowest BCUT2D eigenvalue weighted by Crippen LogP contribution is -2.08. The van der Waals surface area contributed by atoms with Gasteiger partial charge in [0.25, 0.3) is 0 Å². The van der Waals surface area contributed by atoms with E-state index in [1.165, 1.54) is 6.92 Å². The van der Waals surface area contributed by atoms with E-state index in [4.69, 9.17) is 10.2 Å². The van der Waals surface area contributed by atoms with Gasteiger partial charge < -0.3 is 14.6 Å². The van der Waals surface area contributed by atoms with Gasteiger partial charge in [-0.05, 0) is 6.92 Å². The molecule has 0 fully saturated rings. The Hall–Kier alpha value is -1.90. The van der Waals surface area contributed by atoms with Crippen LogP contribution < -0.4 is 0 Å². The van der Waals surface area contributed by atoms with E-state index >= 15 is 0 Å². The van der Waals surface area contributed by atoms with Crippen LogP contribution in [0.25, 0.3) is 0 Å². The maximum atomic E-state index is 11.2. The second-order valence-corrected chi connectivity index (χ2v) is 5.68. The highest BCUT2D eigenvalue weighted by Gasteiger charge is 2.30. The molecule has 0 aliphatic heterocycles. The molecular weight excluding hydrogens is 254 g/mol. The Morgan fingerprint density at radius 3 is 2.12 bits per heavy atom. The summed E-state index contributed by atoms with van der Waals surface area (Å²) in [6.45, 7) is 1.22. The molecule has 1 atom stereocenters. The van der Waals surface area contributed by atoms with Crippen LogP contribution in [-0.4, -0.2) is 41.8 Å². The first-order valence-electron chi connectivity index (χ1n) is 4.30. The molecule has 1 aromatic heterocycles. The van der Waals surface area contributed by atoms with Crippen molar-refractivity contribution in [1.82, 2.24) is 4.98 Å². The minimum Gasteiger partial charge on any atom is -0.476 e. The van der Waals surface area contributed by atoms with Crippen molar-refractivity contribution >= 4 is 21.8 Å². The molecule has 17 heavy (non-hydrogen) atoms. The molecule has 8 nitrogen and oxygen atoms in total. The molecule has 9 heteroatoms. The predicted octanol–water partition coefficient (Wildman–Crippen LogP) is 0.177. The number of sulfone groups is 1. The van der Waals surface area contributed by atoms with E-state index in [2.05, 4.69) is 9.40 Å². The van der Waals surface area contributed by atoms with E-state index in [-0.39, 0.29) is 0 Å². The highest BCUT2D eigenvalue weighted by molar-refractivity contribution is 7.90. The Balaban J connectivity index is 3.36. The second kappa shape index (κ2) is 4.17. The lowest BCUT2D eigenvalue weighted by molar-refractivity contribution is 0.0623. The number of carboxylic acid groups (broad SMARTS) is 2. The maximum Gasteiger partial charge on any atom is 0.374 e. The van der Waals surface area contributed by atoms with Crippen molar-refractivity contribution in [3.63, 3.8) is 0 Å². The smallest absolute Gasteiger partial charge is 0.374 e. The molecule has 0 aliphatic rings. The molecule has 0 radical (unpaired) electrons. The summed E-state index contributed by atoms with van der Waals surface area (Å²) in [5.74, 6) is -4.56. The van der Waals surface area contributed by atoms with Gasteiger partial charge in [-0.25, -0.2) is 23.0 Å². The fourth-order valence-corrected chi connectivity index (χ4v) is 1.45. The third kappa shape index (κ3) is 2.61. The highest BCUT2D eigenvalue weighted by Crippen LogP contribution is 2.23. The zero-order chi connectivity index (χ0) is 13.4. The largest absolute Gasteiger partial charge is 0.476 e. The summed E-state index contributed by atoms with van der Waals surface area (Å²) in [7, 11) is -3.55. The molecule has 2 N–H and O–H groups in total. The summed E-state index contributed by atoms with van der Waals surface area (Å²) in [5, 5.41) is 16.1. The first-order chi connectivity index (χ1) is 7.64. The summed E-state index contributed by atoms with van der Waals surface area (Å²) < 4.78 is 27.0. The van der Waals surface area contributed by atoms with Crippen molar-refractivity contribution in [3.05, 3.63) is 17.3 Å². The standard InChI is InChI=1S/C8H9NO7S/c1-3(17(2,14)15)6-9-4(7(10)11)5(16-6)8(12)13/h3H,1-2H3,(H,10,11)(H,12,13). The van der Waals surface area contributed by atoms with E-state index < -0.39 is 44.4 Å². The quantitative estimate of drug-likeness (QED) is 0.785. The molecule has 0 spiro atoms. The number of carbonyl (C=O) groups is 2. The summed E-state index contributed by atoms with van der Waals surface area (Å²) >= 11 is 0. The fourth-order valence-electron chi connectivity index (χ4n) is 0.984. The number of carboxylic acids is 2. The number of oxazole rings is 1. The summed E-state index contributed by atoms with van der Waals surface area (Å²) in [5.41, 5.74) is -0.817. The van der Waals surface area contributed by atoms with Crippen LogP contribution in [0.3, 0.4) is 0 Å². The van der Waals surface area contributed by atoms with Crippen LogP contribution in [0.4, 0.5) is 0 Å². The molecule has 0 amide bonds. The number of rotatable bonds is 4. The minimum atomic E-state index is -3.55. The second-order valence-electron chi connectivity index (χ2n) is 3.31. The Kier molecular flexibility index (Phi) is 3.23. The Labute approximate surface area is 95.8 Å². The zero-order valence-electron chi connectivity index (χ0n) is 8.87. The molecule has 94 valence electrons. The van der Waals surface area contributed by atoms with E-state index in [0.717, 1.165) is 6.26 Å². The fraction of sp³-hybridized carbons (Fsp3) is 0.375. The van der Waals surface area contributed by atoms with Crippen LogP contribution in [0.15, 0.2) is 4.42 Å². The normalized spacial score (nSPS) is 13.3. The first kappa shape index (κ1) is 13.2. The van der Waals surface area contributed by atoms with Crippen molar-refractivity contribution in [1.29, 1.82) is 0 Å². The zero-order valence-corrected chi connectivity index (χ0v) is 9.68. The summed E-state index contributed by atoms with van der Waals surface area (Å²) in [6, 6.07) is 0. The predicted molar refractivity (Wildman–Crippen MR) is 53.7 cm³/mol. The topological polar surface area (TPSA) is 135 Å². The maximum absolute atomic E-state index is 11.2. The monoisotopic (exact) mass is 263 g/mol. The third-order valence-electron chi connectivity index (χ3n) is 2.03. The van der Waals surface area contributed by atoms with Crippen LogP contribution in [0.2, 0.25) is 0 Å². The van der Waals surface area contributed by atoms with Gasteiger partial charge in [0.2, 0.25) is 17.3 Å². The van der Waals surface area contributed by atoms with E-state index in [1.54, 1.807) is 0 Å². The molecule has 0 bridgehead atoms. The SMILES string of the molecule is CC(c1nc(C(=O)O)c(C(=O)O)o1)S(C)(=O)=O. The number of aromatic nitrogens is 1. The van der Waals surface area contributed by atoms with E-state index in [0.29, 0.717) is 0 Å². The Morgan fingerprint density at radius 1 is 1.29 bits per heavy atom. The van der Waals surface area contributed by atoms with Crippen molar-refractivity contribution in [2.45, 2.75) is 12.2 Å². The average molecular weight is 263 g/mol. The molecule has 1 aromatic rings. The third-order valence-corrected chi connectivity index (χ3v) is 3.52. The molecule has 1 rings (SSSR count). The van der Waals surface area contributed by atoms with Gasteiger partial charge in [-0.1, -0.05) is 0 Å². The molecule has 1 unspecified atom stereocenters. The molecule has 0 saturated heterocycles. The highest BCUT2D eigenvalue weighted by atomic mass is 32.2. The first-order valence-corrected chi connectivity index (χ1v) is 6.26. The van der Waals surface area contributed by atoms with Gasteiger partial charge in [-0.3, -0.25) is 0 Å². The van der Waals surface area contributed by atoms with Crippen LogP contribution in [0, 0.1) is 0 Å². The number of nitrogens with zero attached hydrogens (tertiary/aromatic N) is 1. The van der Waals surface area contributed by atoms with Crippen LogP contribution in [0.1, 0.15) is 39.1 Å². The summed E-state index contributed by atoms with van der Waals surface area (Å²) in [6.07, 6.45) is 0.906. The molecular formula is C8H9NO7S. The van der Waals surface area contributed by atoms with Crippen molar-refractivity contribution in [2.24, 2.45) is 0 Å². The van der Waals surface area contributed by atoms with Gasteiger partial charge in [-0.15, -0.1) is 0 Å². The van der Waals surface area contributed by atoms with Gasteiger partial charge in [0.05, 0.1) is 0 Å². The van der Waals surface area contributed by atoms with Gasteiger partial charge >= 0.3 is 11.9 Å². The van der Waals surface area contributed by atoms with Crippen LogP contribution in [-0.2, 0) is 9.84 Å².